The number of rotatable bonds is 2. The molecular formula is C9H19N. The smallest absolute Gasteiger partial charge is 0.00191 e. The van der Waals surface area contributed by atoms with Crippen LogP contribution in [0, 0.1) is 5.92 Å². The molecule has 0 radical (unpaired) electrons. The van der Waals surface area contributed by atoms with Crippen molar-refractivity contribution in [2.45, 2.75) is 32.6 Å². The molecule has 1 saturated heterocycles. The lowest BCUT2D eigenvalue weighted by Gasteiger charge is -2.28. The van der Waals surface area contributed by atoms with E-state index in [9.17, 15) is 0 Å². The van der Waals surface area contributed by atoms with Gasteiger partial charge in [-0.2, -0.15) is 0 Å². The summed E-state index contributed by atoms with van der Waals surface area (Å²) in [5, 5.41) is 0. The second-order valence-corrected chi connectivity index (χ2v) is 3.54. The van der Waals surface area contributed by atoms with Crippen molar-refractivity contribution in [1.82, 2.24) is 4.90 Å². The Bertz CT molecular complexity index is 82.7. The molecule has 1 rings (SSSR count). The lowest BCUT2D eigenvalue weighted by molar-refractivity contribution is 0.211. The van der Waals surface area contributed by atoms with Crippen LogP contribution in [0.4, 0.5) is 0 Å². The Morgan fingerprint density at radius 1 is 1.30 bits per heavy atom. The van der Waals surface area contributed by atoms with Gasteiger partial charge in [0, 0.05) is 0 Å². The van der Waals surface area contributed by atoms with Gasteiger partial charge in [-0.1, -0.05) is 19.8 Å². The number of nitrogens with zero attached hydrogens (tertiary/aromatic N) is 1. The molecule has 60 valence electrons. The highest BCUT2D eigenvalue weighted by Crippen LogP contribution is 2.20. The molecule has 1 nitrogen and oxygen atoms in total. The van der Waals surface area contributed by atoms with Gasteiger partial charge in [0.05, 0.1) is 0 Å². The van der Waals surface area contributed by atoms with Gasteiger partial charge in [-0.3, -0.25) is 0 Å². The van der Waals surface area contributed by atoms with Crippen molar-refractivity contribution in [2.24, 2.45) is 5.92 Å². The van der Waals surface area contributed by atoms with Crippen molar-refractivity contribution < 1.29 is 0 Å². The van der Waals surface area contributed by atoms with Gasteiger partial charge < -0.3 is 4.90 Å². The highest BCUT2D eigenvalue weighted by molar-refractivity contribution is 4.68. The van der Waals surface area contributed by atoms with Gasteiger partial charge in [0.15, 0.2) is 0 Å². The molecule has 0 unspecified atom stereocenters. The highest BCUT2D eigenvalue weighted by atomic mass is 15.1. The van der Waals surface area contributed by atoms with E-state index in [1.807, 2.05) is 0 Å². The lowest BCUT2D eigenvalue weighted by atomic mass is 9.93. The normalized spacial score (nSPS) is 23.4. The van der Waals surface area contributed by atoms with E-state index >= 15 is 0 Å². The summed E-state index contributed by atoms with van der Waals surface area (Å²) in [6, 6.07) is 0. The van der Waals surface area contributed by atoms with Gasteiger partial charge in [0.1, 0.15) is 0 Å². The standard InChI is InChI=1S/C9H19N/c1-3-4-9-5-7-10(2)8-6-9/h9H,3-8H2,1-2H3. The van der Waals surface area contributed by atoms with Crippen LogP contribution in [0.15, 0.2) is 0 Å². The molecule has 0 aliphatic carbocycles. The molecule has 0 aromatic carbocycles. The monoisotopic (exact) mass is 141 g/mol. The quantitative estimate of drug-likeness (QED) is 0.569. The van der Waals surface area contributed by atoms with E-state index < -0.39 is 0 Å². The van der Waals surface area contributed by atoms with Gasteiger partial charge in [0.2, 0.25) is 0 Å². The first-order chi connectivity index (χ1) is 4.83. The van der Waals surface area contributed by atoms with Crippen molar-refractivity contribution in [2.75, 3.05) is 20.1 Å². The summed E-state index contributed by atoms with van der Waals surface area (Å²) in [5.41, 5.74) is 0. The first-order valence-corrected chi connectivity index (χ1v) is 4.51. The predicted octanol–water partition coefficient (Wildman–Crippen LogP) is 2.13. The number of hydrogen-bond donors (Lipinski definition) is 0. The van der Waals surface area contributed by atoms with Crippen LogP contribution in [0.5, 0.6) is 0 Å². The Labute approximate surface area is 64.4 Å². The van der Waals surface area contributed by atoms with E-state index in [2.05, 4.69) is 18.9 Å². The molecule has 0 bridgehead atoms. The topological polar surface area (TPSA) is 3.24 Å². The van der Waals surface area contributed by atoms with Crippen LogP contribution < -0.4 is 0 Å². The molecule has 1 fully saturated rings. The SMILES string of the molecule is CCCC1CCN(C)CC1. The zero-order valence-corrected chi connectivity index (χ0v) is 7.27. The first-order valence-electron chi connectivity index (χ1n) is 4.51. The zero-order chi connectivity index (χ0) is 7.40. The van der Waals surface area contributed by atoms with Crippen LogP contribution in [-0.2, 0) is 0 Å². The minimum Gasteiger partial charge on any atom is -0.306 e. The molecule has 1 aliphatic rings. The van der Waals surface area contributed by atoms with Gasteiger partial charge in [-0.05, 0) is 38.9 Å². The minimum atomic E-state index is 1.04. The van der Waals surface area contributed by atoms with Crippen LogP contribution in [0.25, 0.3) is 0 Å². The zero-order valence-electron chi connectivity index (χ0n) is 7.27. The van der Waals surface area contributed by atoms with Crippen LogP contribution in [0.2, 0.25) is 0 Å². The number of likely N-dealkylation sites (tertiary alicyclic amines) is 1. The Kier molecular flexibility index (Phi) is 3.20. The average Bonchev–Trinajstić information content (AvgIpc) is 1.95. The Hall–Kier alpha value is -0.0400. The largest absolute Gasteiger partial charge is 0.306 e. The van der Waals surface area contributed by atoms with E-state index in [-0.39, 0.29) is 0 Å². The summed E-state index contributed by atoms with van der Waals surface area (Å²) >= 11 is 0. The third-order valence-corrected chi connectivity index (χ3v) is 2.54. The van der Waals surface area contributed by atoms with Gasteiger partial charge >= 0.3 is 0 Å². The van der Waals surface area contributed by atoms with E-state index in [1.54, 1.807) is 0 Å². The lowest BCUT2D eigenvalue weighted by Crippen LogP contribution is -2.29. The highest BCUT2D eigenvalue weighted by Gasteiger charge is 2.14. The summed E-state index contributed by atoms with van der Waals surface area (Å²) in [6.07, 6.45) is 5.69. The Morgan fingerprint density at radius 2 is 1.90 bits per heavy atom. The molecular weight excluding hydrogens is 122 g/mol. The van der Waals surface area contributed by atoms with Crippen molar-refractivity contribution in [1.29, 1.82) is 0 Å². The van der Waals surface area contributed by atoms with E-state index in [1.165, 1.54) is 38.8 Å². The molecule has 0 aromatic rings. The summed E-state index contributed by atoms with van der Waals surface area (Å²) < 4.78 is 0. The second kappa shape index (κ2) is 3.97. The molecule has 0 spiro atoms. The maximum absolute atomic E-state index is 2.44. The summed E-state index contributed by atoms with van der Waals surface area (Å²) in [5.74, 6) is 1.04. The fraction of sp³-hybridized carbons (Fsp3) is 1.00. The van der Waals surface area contributed by atoms with E-state index in [4.69, 9.17) is 0 Å². The third kappa shape index (κ3) is 2.30. The molecule has 0 aromatic heterocycles. The van der Waals surface area contributed by atoms with E-state index in [0.29, 0.717) is 0 Å². The van der Waals surface area contributed by atoms with Gasteiger partial charge in [-0.25, -0.2) is 0 Å². The van der Waals surface area contributed by atoms with Crippen molar-refractivity contribution in [3.05, 3.63) is 0 Å². The van der Waals surface area contributed by atoms with Crippen LogP contribution in [0.1, 0.15) is 32.6 Å². The van der Waals surface area contributed by atoms with Crippen LogP contribution >= 0.6 is 0 Å². The summed E-state index contributed by atoms with van der Waals surface area (Å²) in [4.78, 5) is 2.44. The van der Waals surface area contributed by atoms with Crippen LogP contribution in [0.3, 0.4) is 0 Å². The molecule has 0 saturated carbocycles. The average molecular weight is 141 g/mol. The molecule has 1 heterocycles. The Morgan fingerprint density at radius 3 is 2.40 bits per heavy atom. The van der Waals surface area contributed by atoms with Crippen LogP contribution in [-0.4, -0.2) is 25.0 Å². The fourth-order valence-corrected chi connectivity index (χ4v) is 1.76. The predicted molar refractivity (Wildman–Crippen MR) is 45.1 cm³/mol. The molecule has 1 aliphatic heterocycles. The minimum absolute atomic E-state index is 1.04. The molecule has 1 heteroatoms. The van der Waals surface area contributed by atoms with E-state index in [0.717, 1.165) is 5.92 Å². The second-order valence-electron chi connectivity index (χ2n) is 3.54. The molecule has 0 atom stereocenters. The van der Waals surface area contributed by atoms with Gasteiger partial charge in [0.25, 0.3) is 0 Å². The third-order valence-electron chi connectivity index (χ3n) is 2.54. The van der Waals surface area contributed by atoms with Crippen molar-refractivity contribution in [3.63, 3.8) is 0 Å². The van der Waals surface area contributed by atoms with Crippen molar-refractivity contribution in [3.8, 4) is 0 Å². The molecule has 0 N–H and O–H groups in total. The molecule has 10 heavy (non-hydrogen) atoms. The summed E-state index contributed by atoms with van der Waals surface area (Å²) in [7, 11) is 2.22. The van der Waals surface area contributed by atoms with Gasteiger partial charge in [-0.15, -0.1) is 0 Å². The number of piperidine rings is 1. The fourth-order valence-electron chi connectivity index (χ4n) is 1.76. The first kappa shape index (κ1) is 8.06. The summed E-state index contributed by atoms with van der Waals surface area (Å²) in [6.45, 7) is 4.94. The maximum Gasteiger partial charge on any atom is -0.00191 e. The molecule has 0 amide bonds. The van der Waals surface area contributed by atoms with Crippen molar-refractivity contribution >= 4 is 0 Å². The Balaban J connectivity index is 2.13. The number of hydrogen-bond acceptors (Lipinski definition) is 1. The maximum atomic E-state index is 2.44.